The number of carbonyl (C=O) groups is 1. The van der Waals surface area contributed by atoms with Crippen molar-refractivity contribution >= 4 is 27.1 Å². The van der Waals surface area contributed by atoms with Crippen molar-refractivity contribution in [2.75, 3.05) is 23.0 Å². The van der Waals surface area contributed by atoms with E-state index in [1.165, 1.54) is 11.6 Å². The molecule has 1 aliphatic heterocycles. The minimum atomic E-state index is -3.40. The van der Waals surface area contributed by atoms with Crippen molar-refractivity contribution in [1.29, 1.82) is 0 Å². The molecule has 132 valence electrons. The molecule has 3 rings (SSSR count). The number of carbonyl (C=O) groups excluding carboxylic acids is 1. The summed E-state index contributed by atoms with van der Waals surface area (Å²) in [5.41, 5.74) is 2.64. The Morgan fingerprint density at radius 3 is 2.60 bits per heavy atom. The van der Waals surface area contributed by atoms with Crippen molar-refractivity contribution in [1.82, 2.24) is 0 Å². The fourth-order valence-corrected chi connectivity index (χ4v) is 4.08. The number of fused-ring (bicyclic) bond motifs is 1. The van der Waals surface area contributed by atoms with Gasteiger partial charge in [-0.1, -0.05) is 30.3 Å². The molecule has 2 aromatic carbocycles. The van der Waals surface area contributed by atoms with Crippen molar-refractivity contribution in [3.63, 3.8) is 0 Å². The molecule has 0 aliphatic carbocycles. The van der Waals surface area contributed by atoms with Gasteiger partial charge < -0.3 is 10.2 Å². The lowest BCUT2D eigenvalue weighted by Gasteiger charge is -2.36. The molecule has 0 bridgehead atoms. The number of sulfone groups is 1. The number of hydrogen-bond acceptors (Lipinski definition) is 4. The van der Waals surface area contributed by atoms with Crippen LogP contribution in [0.25, 0.3) is 0 Å². The van der Waals surface area contributed by atoms with Crippen LogP contribution in [0.2, 0.25) is 0 Å². The average Bonchev–Trinajstić information content (AvgIpc) is 2.57. The molecule has 6 heteroatoms. The van der Waals surface area contributed by atoms with Crippen molar-refractivity contribution in [2.24, 2.45) is 0 Å². The first-order chi connectivity index (χ1) is 11.9. The second-order valence-electron chi connectivity index (χ2n) is 6.46. The van der Waals surface area contributed by atoms with Crippen LogP contribution in [-0.2, 0) is 21.1 Å². The molecule has 0 saturated heterocycles. The number of para-hydroxylation sites is 2. The van der Waals surface area contributed by atoms with Crippen molar-refractivity contribution in [3.8, 4) is 0 Å². The lowest BCUT2D eigenvalue weighted by atomic mass is 9.96. The Balaban J connectivity index is 1.81. The number of nitrogens with one attached hydrogen (secondary N) is 1. The summed E-state index contributed by atoms with van der Waals surface area (Å²) < 4.78 is 23.8. The molecule has 2 aromatic rings. The highest BCUT2D eigenvalue weighted by atomic mass is 32.2. The standard InChI is InChI=1S/C19H22N2O3S/c1-14-11-12-15-7-3-5-9-17(15)21(14)13-19(22)20-16-8-4-6-10-18(16)25(2,23)24/h3-10,14H,11-13H2,1-2H3,(H,20,22)/t14-/m0/s1. The molecule has 0 radical (unpaired) electrons. The number of benzene rings is 2. The van der Waals surface area contributed by atoms with Gasteiger partial charge in [0, 0.05) is 18.0 Å². The predicted octanol–water partition coefficient (Wildman–Crippen LogP) is 2.87. The van der Waals surface area contributed by atoms with Gasteiger partial charge in [-0.25, -0.2) is 8.42 Å². The molecule has 1 atom stereocenters. The van der Waals surface area contributed by atoms with Gasteiger partial charge in [0.05, 0.1) is 17.1 Å². The monoisotopic (exact) mass is 358 g/mol. The lowest BCUT2D eigenvalue weighted by Crippen LogP contribution is -2.42. The van der Waals surface area contributed by atoms with Crippen LogP contribution in [0.4, 0.5) is 11.4 Å². The topological polar surface area (TPSA) is 66.5 Å². The summed E-state index contributed by atoms with van der Waals surface area (Å²) >= 11 is 0. The van der Waals surface area contributed by atoms with Crippen molar-refractivity contribution < 1.29 is 13.2 Å². The van der Waals surface area contributed by atoms with Crippen LogP contribution in [0.15, 0.2) is 53.4 Å². The molecule has 1 N–H and O–H groups in total. The second kappa shape index (κ2) is 6.88. The van der Waals surface area contributed by atoms with Gasteiger partial charge in [-0.2, -0.15) is 0 Å². The Morgan fingerprint density at radius 2 is 1.84 bits per heavy atom. The van der Waals surface area contributed by atoms with Gasteiger partial charge in [0.1, 0.15) is 0 Å². The third kappa shape index (κ3) is 3.85. The molecule has 25 heavy (non-hydrogen) atoms. The number of aryl methyl sites for hydroxylation is 1. The molecule has 0 spiro atoms. The van der Waals surface area contributed by atoms with Crippen LogP contribution in [0.3, 0.4) is 0 Å². The summed E-state index contributed by atoms with van der Waals surface area (Å²) in [5.74, 6) is -0.223. The normalized spacial score (nSPS) is 17.0. The van der Waals surface area contributed by atoms with E-state index in [-0.39, 0.29) is 23.4 Å². The van der Waals surface area contributed by atoms with Crippen LogP contribution >= 0.6 is 0 Å². The molecule has 0 saturated carbocycles. The van der Waals surface area contributed by atoms with Gasteiger partial charge in [-0.3, -0.25) is 4.79 Å². The first-order valence-corrected chi connectivity index (χ1v) is 10.2. The van der Waals surface area contributed by atoms with Gasteiger partial charge in [0.15, 0.2) is 9.84 Å². The van der Waals surface area contributed by atoms with E-state index < -0.39 is 9.84 Å². The summed E-state index contributed by atoms with van der Waals surface area (Å²) in [6.45, 7) is 2.30. The van der Waals surface area contributed by atoms with Crippen molar-refractivity contribution in [3.05, 3.63) is 54.1 Å². The summed E-state index contributed by atoms with van der Waals surface area (Å²) in [4.78, 5) is 14.8. The molecule has 0 aromatic heterocycles. The van der Waals surface area contributed by atoms with E-state index in [0.717, 1.165) is 24.8 Å². The van der Waals surface area contributed by atoms with Crippen LogP contribution in [0.5, 0.6) is 0 Å². The quantitative estimate of drug-likeness (QED) is 0.913. The van der Waals surface area contributed by atoms with E-state index in [2.05, 4.69) is 23.2 Å². The number of hydrogen-bond donors (Lipinski definition) is 1. The number of anilines is 2. The minimum Gasteiger partial charge on any atom is -0.359 e. The largest absolute Gasteiger partial charge is 0.359 e. The first-order valence-electron chi connectivity index (χ1n) is 8.30. The van der Waals surface area contributed by atoms with E-state index >= 15 is 0 Å². The molecular formula is C19H22N2O3S. The van der Waals surface area contributed by atoms with Crippen LogP contribution < -0.4 is 10.2 Å². The van der Waals surface area contributed by atoms with Gasteiger partial charge in [0.2, 0.25) is 5.91 Å². The third-order valence-electron chi connectivity index (χ3n) is 4.54. The van der Waals surface area contributed by atoms with E-state index in [1.54, 1.807) is 18.2 Å². The van der Waals surface area contributed by atoms with Gasteiger partial charge in [-0.05, 0) is 43.5 Å². The maximum absolute atomic E-state index is 12.6. The van der Waals surface area contributed by atoms with Crippen LogP contribution in [-0.4, -0.2) is 33.2 Å². The Kier molecular flexibility index (Phi) is 4.81. The van der Waals surface area contributed by atoms with E-state index in [1.807, 2.05) is 18.2 Å². The first kappa shape index (κ1) is 17.5. The molecule has 0 unspecified atom stereocenters. The highest BCUT2D eigenvalue weighted by Gasteiger charge is 2.25. The Hall–Kier alpha value is -2.34. The molecule has 1 amide bonds. The summed E-state index contributed by atoms with van der Waals surface area (Å²) in [6.07, 6.45) is 3.14. The molecular weight excluding hydrogens is 336 g/mol. The Bertz CT molecular complexity index is 893. The van der Waals surface area contributed by atoms with E-state index in [4.69, 9.17) is 0 Å². The summed E-state index contributed by atoms with van der Waals surface area (Å²) in [6, 6.07) is 14.8. The molecule has 5 nitrogen and oxygen atoms in total. The summed E-state index contributed by atoms with van der Waals surface area (Å²) in [7, 11) is -3.40. The number of amides is 1. The molecule has 1 aliphatic rings. The number of nitrogens with zero attached hydrogens (tertiary/aromatic N) is 1. The second-order valence-corrected chi connectivity index (χ2v) is 8.44. The minimum absolute atomic E-state index is 0.135. The van der Waals surface area contributed by atoms with Crippen molar-refractivity contribution in [2.45, 2.75) is 30.7 Å². The third-order valence-corrected chi connectivity index (χ3v) is 5.69. The maximum Gasteiger partial charge on any atom is 0.243 e. The van der Waals surface area contributed by atoms with Gasteiger partial charge in [-0.15, -0.1) is 0 Å². The smallest absolute Gasteiger partial charge is 0.243 e. The molecule has 0 fully saturated rings. The zero-order chi connectivity index (χ0) is 18.0. The molecule has 1 heterocycles. The fourth-order valence-electron chi connectivity index (χ4n) is 3.24. The zero-order valence-corrected chi connectivity index (χ0v) is 15.2. The SMILES string of the molecule is C[C@H]1CCc2ccccc2N1CC(=O)Nc1ccccc1S(C)(=O)=O. The van der Waals surface area contributed by atoms with E-state index in [9.17, 15) is 13.2 Å². The lowest BCUT2D eigenvalue weighted by molar-refractivity contribution is -0.115. The highest BCUT2D eigenvalue weighted by Crippen LogP contribution is 2.30. The zero-order valence-electron chi connectivity index (χ0n) is 14.4. The van der Waals surface area contributed by atoms with Gasteiger partial charge in [0.25, 0.3) is 0 Å². The predicted molar refractivity (Wildman–Crippen MR) is 99.8 cm³/mol. The summed E-state index contributed by atoms with van der Waals surface area (Å²) in [5, 5.41) is 2.76. The Labute approximate surface area is 148 Å². The maximum atomic E-state index is 12.6. The van der Waals surface area contributed by atoms with Gasteiger partial charge >= 0.3 is 0 Å². The Morgan fingerprint density at radius 1 is 1.16 bits per heavy atom. The van der Waals surface area contributed by atoms with E-state index in [0.29, 0.717) is 5.69 Å². The average molecular weight is 358 g/mol. The van der Waals surface area contributed by atoms with Crippen LogP contribution in [0, 0.1) is 0 Å². The van der Waals surface area contributed by atoms with Crippen LogP contribution in [0.1, 0.15) is 18.9 Å². The fraction of sp³-hybridized carbons (Fsp3) is 0.316. The highest BCUT2D eigenvalue weighted by molar-refractivity contribution is 7.90. The number of rotatable bonds is 4.